The van der Waals surface area contributed by atoms with Gasteiger partial charge in [0.15, 0.2) is 0 Å². The minimum absolute atomic E-state index is 0.0546. The number of hydrogen-bond acceptors (Lipinski definition) is 4. The van der Waals surface area contributed by atoms with Gasteiger partial charge in [-0.2, -0.15) is 0 Å². The lowest BCUT2D eigenvalue weighted by molar-refractivity contribution is -0.0744. The first-order valence-electron chi connectivity index (χ1n) is 16.0. The standard InChI is InChI=1S/C35H55O4P/c1-7-23(2)18-33-27(6)31(21-28-12-9-8-10-13-28)35(39-33)22-34-26(5)24(3)19-30(38-34)15-16-32-25(4)20-29(37-32)14-11-17-36-40/h8-10,12-13,23-24,27,29-35H,4-5,7,11,14-22,40H2,1-3,6H3/t23-,24-,27-,29+,30+,31-,32?,33-,34?,35+/m1/s1. The summed E-state index contributed by atoms with van der Waals surface area (Å²) in [6.07, 6.45) is 11.6. The number of ether oxygens (including phenoxy) is 3. The van der Waals surface area contributed by atoms with E-state index in [0.717, 1.165) is 64.4 Å². The highest BCUT2D eigenvalue weighted by molar-refractivity contribution is 7.09. The van der Waals surface area contributed by atoms with E-state index >= 15 is 0 Å². The second kappa shape index (κ2) is 15.4. The fourth-order valence-corrected chi connectivity index (χ4v) is 7.31. The van der Waals surface area contributed by atoms with Gasteiger partial charge in [-0.3, -0.25) is 0 Å². The van der Waals surface area contributed by atoms with Crippen molar-refractivity contribution in [3.8, 4) is 0 Å². The maximum absolute atomic E-state index is 6.90. The van der Waals surface area contributed by atoms with E-state index in [1.807, 2.05) is 0 Å². The minimum Gasteiger partial charge on any atom is -0.374 e. The zero-order valence-corrected chi connectivity index (χ0v) is 26.7. The molecule has 0 amide bonds. The summed E-state index contributed by atoms with van der Waals surface area (Å²) in [5.41, 5.74) is 3.89. The highest BCUT2D eigenvalue weighted by Crippen LogP contribution is 2.43. The van der Waals surface area contributed by atoms with Crippen LogP contribution in [-0.2, 0) is 25.2 Å². The normalized spacial score (nSPS) is 35.4. The number of benzene rings is 1. The van der Waals surface area contributed by atoms with Gasteiger partial charge < -0.3 is 18.7 Å². The summed E-state index contributed by atoms with van der Waals surface area (Å²) >= 11 is 0. The van der Waals surface area contributed by atoms with E-state index in [0.29, 0.717) is 29.8 Å². The summed E-state index contributed by atoms with van der Waals surface area (Å²) in [6.45, 7) is 19.0. The molecular weight excluding hydrogens is 515 g/mol. The lowest BCUT2D eigenvalue weighted by atomic mass is 9.78. The first-order valence-corrected chi connectivity index (χ1v) is 16.4. The molecule has 0 radical (unpaired) electrons. The van der Waals surface area contributed by atoms with E-state index in [-0.39, 0.29) is 30.5 Å². The van der Waals surface area contributed by atoms with Crippen molar-refractivity contribution in [1.29, 1.82) is 0 Å². The van der Waals surface area contributed by atoms with Crippen LogP contribution in [0.1, 0.15) is 91.0 Å². The highest BCUT2D eigenvalue weighted by Gasteiger charge is 2.44. The Labute approximate surface area is 246 Å². The predicted molar refractivity (Wildman–Crippen MR) is 168 cm³/mol. The molecule has 5 heteroatoms. The predicted octanol–water partition coefficient (Wildman–Crippen LogP) is 8.51. The molecule has 0 spiro atoms. The van der Waals surface area contributed by atoms with Crippen LogP contribution in [0.3, 0.4) is 0 Å². The van der Waals surface area contributed by atoms with Gasteiger partial charge in [-0.25, -0.2) is 0 Å². The van der Waals surface area contributed by atoms with Gasteiger partial charge in [0, 0.05) is 15.9 Å². The van der Waals surface area contributed by atoms with Crippen molar-refractivity contribution in [3.63, 3.8) is 0 Å². The molecule has 224 valence electrons. The van der Waals surface area contributed by atoms with Crippen LogP contribution >= 0.6 is 9.47 Å². The summed E-state index contributed by atoms with van der Waals surface area (Å²) < 4.78 is 25.2. The molecule has 40 heavy (non-hydrogen) atoms. The molecule has 0 aliphatic carbocycles. The van der Waals surface area contributed by atoms with Gasteiger partial charge >= 0.3 is 0 Å². The molecule has 3 aliphatic rings. The van der Waals surface area contributed by atoms with Gasteiger partial charge in [-0.05, 0) is 91.7 Å². The Morgan fingerprint density at radius 1 is 0.975 bits per heavy atom. The van der Waals surface area contributed by atoms with E-state index < -0.39 is 0 Å². The smallest absolute Gasteiger partial charge is 0.0813 e. The van der Waals surface area contributed by atoms with Crippen LogP contribution in [0.15, 0.2) is 54.6 Å². The van der Waals surface area contributed by atoms with Gasteiger partial charge in [0.1, 0.15) is 0 Å². The van der Waals surface area contributed by atoms with Crippen LogP contribution < -0.4 is 0 Å². The number of rotatable bonds is 14. The van der Waals surface area contributed by atoms with E-state index in [9.17, 15) is 0 Å². The van der Waals surface area contributed by atoms with Gasteiger partial charge in [0.25, 0.3) is 0 Å². The van der Waals surface area contributed by atoms with Crippen LogP contribution in [0, 0.1) is 23.7 Å². The molecule has 4 rings (SSSR count). The van der Waals surface area contributed by atoms with E-state index in [1.165, 1.54) is 23.1 Å². The minimum atomic E-state index is 0.0546. The fourth-order valence-electron chi connectivity index (χ4n) is 7.15. The molecule has 0 N–H and O–H groups in total. The molecule has 0 bridgehead atoms. The third kappa shape index (κ3) is 8.51. The maximum Gasteiger partial charge on any atom is 0.0813 e. The molecular formula is C35H55O4P. The quantitative estimate of drug-likeness (QED) is 0.128. The van der Waals surface area contributed by atoms with Gasteiger partial charge in [0.05, 0.1) is 43.2 Å². The van der Waals surface area contributed by atoms with Crippen molar-refractivity contribution in [2.45, 2.75) is 129 Å². The summed E-state index contributed by atoms with van der Waals surface area (Å²) in [5.74, 6) is 2.16. The SMILES string of the molecule is C=C1C[C@H](CCCOP)OC1CC[C@H]1C[C@@H](C)C(=C)C(C[C@@H]2O[C@H](C[C@H](C)CC)[C@H](C)[C@H]2Cc2ccccc2)O1. The van der Waals surface area contributed by atoms with E-state index in [4.69, 9.17) is 18.7 Å². The molecule has 4 nitrogen and oxygen atoms in total. The van der Waals surface area contributed by atoms with Crippen molar-refractivity contribution >= 4 is 9.47 Å². The Hall–Kier alpha value is -1.03. The molecule has 3 heterocycles. The Morgan fingerprint density at radius 3 is 2.45 bits per heavy atom. The average Bonchev–Trinajstić information content (AvgIpc) is 3.44. The van der Waals surface area contributed by atoms with Crippen molar-refractivity contribution in [3.05, 3.63) is 60.2 Å². The Kier molecular flexibility index (Phi) is 12.3. The summed E-state index contributed by atoms with van der Waals surface area (Å²) in [7, 11) is 2.33. The molecule has 0 aromatic heterocycles. The first-order chi connectivity index (χ1) is 19.3. The first kappa shape index (κ1) is 31.9. The van der Waals surface area contributed by atoms with Crippen molar-refractivity contribution < 1.29 is 18.7 Å². The monoisotopic (exact) mass is 570 g/mol. The summed E-state index contributed by atoms with van der Waals surface area (Å²) in [6, 6.07) is 10.9. The second-order valence-corrected chi connectivity index (χ2v) is 13.4. The molecule has 3 unspecified atom stereocenters. The van der Waals surface area contributed by atoms with Crippen LogP contribution in [0.2, 0.25) is 0 Å². The zero-order chi connectivity index (χ0) is 28.6. The molecule has 1 aromatic carbocycles. The molecule has 11 atom stereocenters. The Bertz CT molecular complexity index is 935. The number of hydrogen-bond donors (Lipinski definition) is 0. The molecule has 3 fully saturated rings. The average molecular weight is 571 g/mol. The topological polar surface area (TPSA) is 36.9 Å². The van der Waals surface area contributed by atoms with Crippen molar-refractivity contribution in [2.75, 3.05) is 6.61 Å². The molecule has 3 saturated heterocycles. The van der Waals surface area contributed by atoms with Crippen LogP contribution in [-0.4, -0.2) is 43.2 Å². The van der Waals surface area contributed by atoms with Crippen LogP contribution in [0.25, 0.3) is 0 Å². The molecule has 1 aromatic rings. The second-order valence-electron chi connectivity index (χ2n) is 13.1. The van der Waals surface area contributed by atoms with E-state index in [2.05, 4.69) is 80.7 Å². The van der Waals surface area contributed by atoms with Gasteiger partial charge in [-0.15, -0.1) is 0 Å². The third-order valence-electron chi connectivity index (χ3n) is 10.0. The van der Waals surface area contributed by atoms with Gasteiger partial charge in [0.2, 0.25) is 0 Å². The summed E-state index contributed by atoms with van der Waals surface area (Å²) in [5, 5.41) is 0. The van der Waals surface area contributed by atoms with Crippen LogP contribution in [0.4, 0.5) is 0 Å². The largest absolute Gasteiger partial charge is 0.374 e. The van der Waals surface area contributed by atoms with Crippen molar-refractivity contribution in [2.24, 2.45) is 23.7 Å². The fraction of sp³-hybridized carbons (Fsp3) is 0.714. The van der Waals surface area contributed by atoms with E-state index in [1.54, 1.807) is 0 Å². The van der Waals surface area contributed by atoms with Crippen LogP contribution in [0.5, 0.6) is 0 Å². The lowest BCUT2D eigenvalue weighted by Gasteiger charge is -2.38. The highest BCUT2D eigenvalue weighted by atomic mass is 31.0. The third-order valence-corrected chi connectivity index (χ3v) is 10.3. The Balaban J connectivity index is 1.37. The van der Waals surface area contributed by atoms with Gasteiger partial charge in [-0.1, -0.05) is 77.6 Å². The molecule has 0 saturated carbocycles. The lowest BCUT2D eigenvalue weighted by Crippen LogP contribution is -2.38. The zero-order valence-electron chi connectivity index (χ0n) is 25.6. The van der Waals surface area contributed by atoms with Crippen molar-refractivity contribution in [1.82, 2.24) is 0 Å². The summed E-state index contributed by atoms with van der Waals surface area (Å²) in [4.78, 5) is 0. The maximum atomic E-state index is 6.90. The molecule has 3 aliphatic heterocycles. The Morgan fingerprint density at radius 2 is 1.73 bits per heavy atom.